The van der Waals surface area contributed by atoms with E-state index in [0.717, 1.165) is 16.7 Å². The lowest BCUT2D eigenvalue weighted by atomic mass is 10.0. The van der Waals surface area contributed by atoms with Gasteiger partial charge in [-0.05, 0) is 47.9 Å². The molecule has 2 heterocycles. The van der Waals surface area contributed by atoms with Gasteiger partial charge in [0.15, 0.2) is 0 Å². The predicted octanol–water partition coefficient (Wildman–Crippen LogP) is 3.94. The maximum atomic E-state index is 13.2. The molecule has 0 saturated heterocycles. The number of nitrogens with zero attached hydrogens (tertiary/aromatic N) is 3. The summed E-state index contributed by atoms with van der Waals surface area (Å²) in [6.45, 7) is 2.13. The minimum absolute atomic E-state index is 0.0730. The van der Waals surface area contributed by atoms with Crippen LogP contribution in [-0.2, 0) is 6.54 Å². The molecule has 4 rings (SSSR count). The molecule has 2 aromatic heterocycles. The van der Waals surface area contributed by atoms with Crippen LogP contribution in [0.1, 0.15) is 50.4 Å². The minimum Gasteiger partial charge on any atom is -0.383 e. The molecule has 0 aliphatic heterocycles. The summed E-state index contributed by atoms with van der Waals surface area (Å²) in [4.78, 5) is 32.9. The fraction of sp³-hybridized carbons (Fsp3) is 0.107. The van der Waals surface area contributed by atoms with Gasteiger partial charge in [-0.1, -0.05) is 36.4 Å². The number of hydrogen-bond donors (Lipinski definition) is 4. The molecule has 1 unspecified atom stereocenters. The molecule has 0 aliphatic carbocycles. The van der Waals surface area contributed by atoms with Crippen molar-refractivity contribution in [2.75, 3.05) is 11.1 Å². The number of primary amides is 1. The molecule has 0 aliphatic rings. The van der Waals surface area contributed by atoms with Crippen LogP contribution in [0.5, 0.6) is 0 Å². The van der Waals surface area contributed by atoms with Crippen molar-refractivity contribution < 1.29 is 14.0 Å². The first-order valence-corrected chi connectivity index (χ1v) is 11.6. The van der Waals surface area contributed by atoms with Crippen LogP contribution in [0.2, 0.25) is 0 Å². The number of amides is 2. The molecule has 0 saturated carbocycles. The van der Waals surface area contributed by atoms with Gasteiger partial charge in [0.05, 0.1) is 22.7 Å². The molecule has 1 atom stereocenters. The van der Waals surface area contributed by atoms with E-state index in [1.54, 1.807) is 31.3 Å². The quantitative estimate of drug-likeness (QED) is 0.280. The van der Waals surface area contributed by atoms with Gasteiger partial charge in [0.2, 0.25) is 0 Å². The summed E-state index contributed by atoms with van der Waals surface area (Å²) in [5.74, 6) is -1.06. The number of anilines is 2. The third-order valence-electron chi connectivity index (χ3n) is 5.91. The van der Waals surface area contributed by atoms with E-state index in [4.69, 9.17) is 11.5 Å². The number of nitrogens with two attached hydrogens (primary N) is 2. The number of nitrogens with one attached hydrogen (secondary N) is 2. The molecule has 10 heteroatoms. The van der Waals surface area contributed by atoms with Gasteiger partial charge in [-0.3, -0.25) is 9.59 Å². The highest BCUT2D eigenvalue weighted by molar-refractivity contribution is 5.99. The minimum atomic E-state index is -0.653. The Balaban J connectivity index is 1.49. The van der Waals surface area contributed by atoms with Crippen molar-refractivity contribution in [3.05, 3.63) is 107 Å². The average molecular weight is 510 g/mol. The van der Waals surface area contributed by atoms with Crippen LogP contribution in [-0.4, -0.2) is 21.8 Å². The Hall–Kier alpha value is -5.30. The summed E-state index contributed by atoms with van der Waals surface area (Å²) in [6, 6.07) is 18.0. The van der Waals surface area contributed by atoms with Gasteiger partial charge in [0.25, 0.3) is 11.8 Å². The zero-order valence-corrected chi connectivity index (χ0v) is 20.4. The lowest BCUT2D eigenvalue weighted by molar-refractivity contribution is 0.0939. The van der Waals surface area contributed by atoms with Crippen LogP contribution < -0.4 is 22.1 Å². The number of nitrogen functional groups attached to an aromatic ring is 1. The molecule has 2 aromatic carbocycles. The van der Waals surface area contributed by atoms with Gasteiger partial charge in [-0.2, -0.15) is 5.26 Å². The molecular formula is C28H24FN7O2. The van der Waals surface area contributed by atoms with E-state index < -0.39 is 17.9 Å². The molecule has 4 aromatic rings. The van der Waals surface area contributed by atoms with Crippen molar-refractivity contribution in [2.24, 2.45) is 5.73 Å². The van der Waals surface area contributed by atoms with Gasteiger partial charge >= 0.3 is 0 Å². The Labute approximate surface area is 218 Å². The monoisotopic (exact) mass is 509 g/mol. The number of pyridine rings is 2. The molecule has 0 spiro atoms. The molecule has 190 valence electrons. The van der Waals surface area contributed by atoms with Gasteiger partial charge in [-0.25, -0.2) is 14.4 Å². The summed E-state index contributed by atoms with van der Waals surface area (Å²) < 4.78 is 13.2. The van der Waals surface area contributed by atoms with E-state index in [9.17, 15) is 19.2 Å². The molecule has 0 radical (unpaired) electrons. The van der Waals surface area contributed by atoms with Crippen LogP contribution in [0.15, 0.2) is 73.1 Å². The molecular weight excluding hydrogens is 485 g/mol. The maximum Gasteiger partial charge on any atom is 0.255 e. The van der Waals surface area contributed by atoms with Crippen molar-refractivity contribution in [3.63, 3.8) is 0 Å². The molecule has 0 bridgehead atoms. The fourth-order valence-corrected chi connectivity index (χ4v) is 3.78. The second-order valence-corrected chi connectivity index (χ2v) is 8.55. The third kappa shape index (κ3) is 5.91. The molecule has 38 heavy (non-hydrogen) atoms. The van der Waals surface area contributed by atoms with Crippen LogP contribution >= 0.6 is 0 Å². The summed E-state index contributed by atoms with van der Waals surface area (Å²) in [7, 11) is 0. The van der Waals surface area contributed by atoms with E-state index in [0.29, 0.717) is 17.9 Å². The van der Waals surface area contributed by atoms with Crippen molar-refractivity contribution in [1.82, 2.24) is 15.3 Å². The van der Waals surface area contributed by atoms with Gasteiger partial charge in [-0.15, -0.1) is 0 Å². The number of halogens is 1. The van der Waals surface area contributed by atoms with E-state index in [1.165, 1.54) is 24.4 Å². The zero-order chi connectivity index (χ0) is 27.2. The fourth-order valence-electron chi connectivity index (χ4n) is 3.78. The summed E-state index contributed by atoms with van der Waals surface area (Å²) in [6.07, 6.45) is 2.95. The average Bonchev–Trinajstić information content (AvgIpc) is 2.92. The first-order chi connectivity index (χ1) is 18.2. The second-order valence-electron chi connectivity index (χ2n) is 8.55. The van der Waals surface area contributed by atoms with Crippen LogP contribution in [0.25, 0.3) is 11.1 Å². The Kier molecular flexibility index (Phi) is 7.58. The van der Waals surface area contributed by atoms with Gasteiger partial charge < -0.3 is 22.1 Å². The Morgan fingerprint density at radius 3 is 2.37 bits per heavy atom. The first kappa shape index (κ1) is 25.8. The third-order valence-corrected chi connectivity index (χ3v) is 5.91. The van der Waals surface area contributed by atoms with Crippen LogP contribution in [0.4, 0.5) is 16.0 Å². The highest BCUT2D eigenvalue weighted by Gasteiger charge is 2.17. The molecule has 0 fully saturated rings. The molecule has 6 N–H and O–H groups in total. The highest BCUT2D eigenvalue weighted by atomic mass is 19.1. The summed E-state index contributed by atoms with van der Waals surface area (Å²) >= 11 is 0. The smallest absolute Gasteiger partial charge is 0.255 e. The van der Waals surface area contributed by atoms with Gasteiger partial charge in [0, 0.05) is 24.5 Å². The zero-order valence-electron chi connectivity index (χ0n) is 20.4. The normalized spacial score (nSPS) is 11.3. The number of hydrogen-bond acceptors (Lipinski definition) is 7. The van der Waals surface area contributed by atoms with E-state index in [2.05, 4.69) is 20.6 Å². The van der Waals surface area contributed by atoms with Crippen molar-refractivity contribution >= 4 is 23.5 Å². The summed E-state index contributed by atoms with van der Waals surface area (Å²) in [5, 5.41) is 15.3. The van der Waals surface area contributed by atoms with E-state index in [-0.39, 0.29) is 28.3 Å². The SMILES string of the molecule is CC(NC(=O)c1cc(C#N)cnc1NCc1ccc(-c2cnc(N)c(C(N)=O)c2)cc1)c1ccc(F)cc1. The first-order valence-electron chi connectivity index (χ1n) is 11.6. The standard InChI is InChI=1S/C28H24FN7O2/c1-16(19-6-8-22(29)9-7-19)36-28(38)24-10-18(12-30)14-35-27(24)34-13-17-2-4-20(5-3-17)21-11-23(26(32)37)25(31)33-15-21/h2-11,14-16H,13H2,1H3,(H2,31,33)(H2,32,37)(H,34,35)(H,36,38). The largest absolute Gasteiger partial charge is 0.383 e. The number of carbonyl (C=O) groups excluding carboxylic acids is 2. The molecule has 2 amide bonds. The van der Waals surface area contributed by atoms with E-state index >= 15 is 0 Å². The molecule has 9 nitrogen and oxygen atoms in total. The Morgan fingerprint density at radius 1 is 1.00 bits per heavy atom. The van der Waals surface area contributed by atoms with Crippen molar-refractivity contribution in [2.45, 2.75) is 19.5 Å². The van der Waals surface area contributed by atoms with Crippen molar-refractivity contribution in [3.8, 4) is 17.2 Å². The number of benzene rings is 2. The topological polar surface area (TPSA) is 160 Å². The number of carbonyl (C=O) groups is 2. The van der Waals surface area contributed by atoms with Crippen molar-refractivity contribution in [1.29, 1.82) is 5.26 Å². The maximum absolute atomic E-state index is 13.2. The summed E-state index contributed by atoms with van der Waals surface area (Å²) in [5.41, 5.74) is 14.8. The Morgan fingerprint density at radius 2 is 1.71 bits per heavy atom. The van der Waals surface area contributed by atoms with E-state index in [1.807, 2.05) is 30.3 Å². The number of nitriles is 1. The predicted molar refractivity (Wildman–Crippen MR) is 141 cm³/mol. The highest BCUT2D eigenvalue weighted by Crippen LogP contribution is 2.23. The Bertz CT molecular complexity index is 1530. The van der Waals surface area contributed by atoms with Crippen LogP contribution in [0.3, 0.4) is 0 Å². The number of rotatable bonds is 8. The lowest BCUT2D eigenvalue weighted by Gasteiger charge is -2.16. The lowest BCUT2D eigenvalue weighted by Crippen LogP contribution is -2.28. The number of aromatic nitrogens is 2. The van der Waals surface area contributed by atoms with Crippen LogP contribution in [0, 0.1) is 17.1 Å². The van der Waals surface area contributed by atoms with Gasteiger partial charge in [0.1, 0.15) is 23.5 Å². The second kappa shape index (κ2) is 11.2.